The molecule has 1 fully saturated rings. The first kappa shape index (κ1) is 18.7. The summed E-state index contributed by atoms with van der Waals surface area (Å²) in [4.78, 5) is 28.7. The lowest BCUT2D eigenvalue weighted by Gasteiger charge is -2.28. The first-order chi connectivity index (χ1) is 12.5. The van der Waals surface area contributed by atoms with Crippen molar-refractivity contribution in [1.29, 1.82) is 0 Å². The van der Waals surface area contributed by atoms with Crippen LogP contribution in [0.25, 0.3) is 0 Å². The zero-order valence-electron chi connectivity index (χ0n) is 16.0. The van der Waals surface area contributed by atoms with E-state index >= 15 is 0 Å². The number of hydrogen-bond donors (Lipinski definition) is 2. The third-order valence-electron chi connectivity index (χ3n) is 5.28. The number of likely N-dealkylation sites (N-methyl/N-ethyl adjacent to an activating group) is 1. The fourth-order valence-electron chi connectivity index (χ4n) is 3.90. The molecule has 0 bridgehead atoms. The quantitative estimate of drug-likeness (QED) is 0.782. The van der Waals surface area contributed by atoms with Crippen molar-refractivity contribution in [2.24, 2.45) is 0 Å². The van der Waals surface area contributed by atoms with Gasteiger partial charge >= 0.3 is 11.8 Å². The normalized spacial score (nSPS) is 18.1. The van der Waals surface area contributed by atoms with Crippen LogP contribution in [0.5, 0.6) is 0 Å². The van der Waals surface area contributed by atoms with Gasteiger partial charge in [-0.15, -0.1) is 0 Å². The predicted octanol–water partition coefficient (Wildman–Crippen LogP) is 1.46. The number of likely N-dealkylation sites (tertiary alicyclic amines) is 1. The Morgan fingerprint density at radius 2 is 1.85 bits per heavy atom. The lowest BCUT2D eigenvalue weighted by molar-refractivity contribution is -0.139. The summed E-state index contributed by atoms with van der Waals surface area (Å²) in [6, 6.07) is 6.71. The number of carbonyl (C=O) groups is 2. The third-order valence-corrected chi connectivity index (χ3v) is 5.28. The van der Waals surface area contributed by atoms with Gasteiger partial charge in [-0.05, 0) is 63.4 Å². The highest BCUT2D eigenvalue weighted by Crippen LogP contribution is 2.32. The van der Waals surface area contributed by atoms with E-state index in [1.165, 1.54) is 29.7 Å². The molecule has 2 aliphatic heterocycles. The van der Waals surface area contributed by atoms with Crippen molar-refractivity contribution < 1.29 is 9.59 Å². The van der Waals surface area contributed by atoms with Gasteiger partial charge in [0.25, 0.3) is 0 Å². The molecule has 26 heavy (non-hydrogen) atoms. The highest BCUT2D eigenvalue weighted by molar-refractivity contribution is 6.35. The maximum Gasteiger partial charge on any atom is 0.309 e. The van der Waals surface area contributed by atoms with Crippen LogP contribution in [-0.4, -0.2) is 56.0 Å². The van der Waals surface area contributed by atoms with Crippen LogP contribution in [0.3, 0.4) is 0 Å². The van der Waals surface area contributed by atoms with Crippen LogP contribution in [0.1, 0.15) is 43.9 Å². The first-order valence-electron chi connectivity index (χ1n) is 9.62. The molecule has 2 aliphatic rings. The number of rotatable bonds is 5. The molecule has 0 unspecified atom stereocenters. The molecule has 2 heterocycles. The molecule has 142 valence electrons. The van der Waals surface area contributed by atoms with Crippen LogP contribution in [-0.2, 0) is 16.0 Å². The van der Waals surface area contributed by atoms with Crippen LogP contribution >= 0.6 is 0 Å². The fourth-order valence-corrected chi connectivity index (χ4v) is 3.90. The van der Waals surface area contributed by atoms with Gasteiger partial charge in [-0.1, -0.05) is 12.1 Å². The van der Waals surface area contributed by atoms with Gasteiger partial charge in [0.1, 0.15) is 0 Å². The maximum atomic E-state index is 12.1. The zero-order chi connectivity index (χ0) is 18.7. The second-order valence-corrected chi connectivity index (χ2v) is 7.66. The Morgan fingerprint density at radius 1 is 1.12 bits per heavy atom. The van der Waals surface area contributed by atoms with Crippen LogP contribution < -0.4 is 15.5 Å². The Labute approximate surface area is 155 Å². The lowest BCUT2D eigenvalue weighted by Crippen LogP contribution is -2.45. The van der Waals surface area contributed by atoms with E-state index in [0.29, 0.717) is 6.54 Å². The van der Waals surface area contributed by atoms with Gasteiger partial charge in [0, 0.05) is 31.9 Å². The van der Waals surface area contributed by atoms with Gasteiger partial charge < -0.3 is 15.5 Å². The summed E-state index contributed by atoms with van der Waals surface area (Å²) in [6.07, 6.45) is 3.44. The maximum absolute atomic E-state index is 12.1. The van der Waals surface area contributed by atoms with Crippen LogP contribution in [0.2, 0.25) is 0 Å². The number of amides is 2. The first-order valence-corrected chi connectivity index (χ1v) is 9.62. The molecule has 0 radical (unpaired) electrons. The number of fused-ring (bicyclic) bond motifs is 1. The number of hydrogen-bond acceptors (Lipinski definition) is 4. The third kappa shape index (κ3) is 4.18. The number of carbonyl (C=O) groups excluding carboxylic acids is 2. The van der Waals surface area contributed by atoms with E-state index < -0.39 is 11.8 Å². The van der Waals surface area contributed by atoms with Crippen molar-refractivity contribution in [2.45, 2.75) is 45.2 Å². The molecule has 2 amide bonds. The summed E-state index contributed by atoms with van der Waals surface area (Å²) in [6.45, 7) is 7.28. The summed E-state index contributed by atoms with van der Waals surface area (Å²) in [7, 11) is 2.12. The van der Waals surface area contributed by atoms with E-state index in [9.17, 15) is 9.59 Å². The Bertz CT molecular complexity index is 668. The second-order valence-electron chi connectivity index (χ2n) is 7.66. The van der Waals surface area contributed by atoms with Crippen molar-refractivity contribution in [3.05, 3.63) is 29.3 Å². The molecule has 0 aliphatic carbocycles. The number of benzene rings is 1. The molecule has 2 N–H and O–H groups in total. The molecule has 0 saturated carbocycles. The van der Waals surface area contributed by atoms with Crippen LogP contribution in [0.4, 0.5) is 5.69 Å². The topological polar surface area (TPSA) is 64.7 Å². The van der Waals surface area contributed by atoms with Gasteiger partial charge in [0.05, 0.1) is 6.04 Å². The Kier molecular flexibility index (Phi) is 5.81. The summed E-state index contributed by atoms with van der Waals surface area (Å²) < 4.78 is 0. The molecular formula is C20H30N4O2. The predicted molar refractivity (Wildman–Crippen MR) is 103 cm³/mol. The smallest absolute Gasteiger partial charge is 0.309 e. The molecule has 3 rings (SSSR count). The monoisotopic (exact) mass is 358 g/mol. The molecule has 1 aromatic carbocycles. The SMILES string of the molecule is CC(C)NC(=O)C(=O)NC[C@H](c1ccc2c(c1)CCN2C)N1CCCC1. The molecule has 1 saturated heterocycles. The van der Waals surface area contributed by atoms with E-state index in [1.807, 2.05) is 13.8 Å². The summed E-state index contributed by atoms with van der Waals surface area (Å²) in [5.41, 5.74) is 3.90. The number of nitrogens with one attached hydrogen (secondary N) is 2. The molecular weight excluding hydrogens is 328 g/mol. The standard InChI is InChI=1S/C20H30N4O2/c1-14(2)22-20(26)19(25)21-13-18(24-9-4-5-10-24)15-6-7-17-16(12-15)8-11-23(17)3/h6-7,12,14,18H,4-5,8-11,13H2,1-3H3,(H,21,25)(H,22,26)/t18-/m1/s1. The Hall–Kier alpha value is -2.08. The van der Waals surface area contributed by atoms with Gasteiger partial charge in [0.2, 0.25) is 0 Å². The highest BCUT2D eigenvalue weighted by atomic mass is 16.2. The molecule has 1 aromatic rings. The Morgan fingerprint density at radius 3 is 2.54 bits per heavy atom. The van der Waals surface area contributed by atoms with Crippen LogP contribution in [0, 0.1) is 0 Å². The largest absolute Gasteiger partial charge is 0.374 e. The van der Waals surface area contributed by atoms with Crippen molar-refractivity contribution in [3.63, 3.8) is 0 Å². The summed E-state index contributed by atoms with van der Waals surface area (Å²) in [5, 5.41) is 5.48. The molecule has 6 nitrogen and oxygen atoms in total. The van der Waals surface area contributed by atoms with Crippen LogP contribution in [0.15, 0.2) is 18.2 Å². The van der Waals surface area contributed by atoms with Crippen molar-refractivity contribution >= 4 is 17.5 Å². The van der Waals surface area contributed by atoms with Gasteiger partial charge in [-0.2, -0.15) is 0 Å². The molecule has 6 heteroatoms. The summed E-state index contributed by atoms with van der Waals surface area (Å²) >= 11 is 0. The minimum absolute atomic E-state index is 0.0451. The molecule has 0 aromatic heterocycles. The molecule has 0 spiro atoms. The average Bonchev–Trinajstić information content (AvgIpc) is 3.25. The van der Waals surface area contributed by atoms with Crippen molar-refractivity contribution in [3.8, 4) is 0 Å². The number of nitrogens with zero attached hydrogens (tertiary/aromatic N) is 2. The van der Waals surface area contributed by atoms with E-state index in [4.69, 9.17) is 0 Å². The molecule has 1 atom stereocenters. The minimum Gasteiger partial charge on any atom is -0.374 e. The van der Waals surface area contributed by atoms with Crippen molar-refractivity contribution in [1.82, 2.24) is 15.5 Å². The van der Waals surface area contributed by atoms with E-state index in [0.717, 1.165) is 26.1 Å². The zero-order valence-corrected chi connectivity index (χ0v) is 16.0. The second kappa shape index (κ2) is 8.08. The summed E-state index contributed by atoms with van der Waals surface area (Å²) in [5.74, 6) is -1.11. The highest BCUT2D eigenvalue weighted by Gasteiger charge is 2.27. The van der Waals surface area contributed by atoms with Gasteiger partial charge in [-0.3, -0.25) is 14.5 Å². The average molecular weight is 358 g/mol. The van der Waals surface area contributed by atoms with Gasteiger partial charge in [-0.25, -0.2) is 0 Å². The Balaban J connectivity index is 1.72. The van der Waals surface area contributed by atoms with Gasteiger partial charge in [0.15, 0.2) is 0 Å². The van der Waals surface area contributed by atoms with Crippen molar-refractivity contribution in [2.75, 3.05) is 38.1 Å². The minimum atomic E-state index is -0.559. The lowest BCUT2D eigenvalue weighted by atomic mass is 10.0. The van der Waals surface area contributed by atoms with E-state index in [1.54, 1.807) is 0 Å². The van der Waals surface area contributed by atoms with E-state index in [-0.39, 0.29) is 12.1 Å². The number of anilines is 1. The van der Waals surface area contributed by atoms with E-state index in [2.05, 4.69) is 45.7 Å². The fraction of sp³-hybridized carbons (Fsp3) is 0.600.